The van der Waals surface area contributed by atoms with E-state index in [1.807, 2.05) is 12.3 Å². The van der Waals surface area contributed by atoms with Crippen LogP contribution in [0.15, 0.2) is 23.3 Å². The Bertz CT molecular complexity index is 535. The molecule has 2 rings (SSSR count). The monoisotopic (exact) mass is 365 g/mol. The highest BCUT2D eigenvalue weighted by atomic mass is 16.5. The quantitative estimate of drug-likeness (QED) is 0.358. The summed E-state index contributed by atoms with van der Waals surface area (Å²) >= 11 is 0. The fourth-order valence-corrected chi connectivity index (χ4v) is 2.65. The molecule has 0 bridgehead atoms. The SMILES string of the molecule is CN=C(NCCCOCCOC)NCc1cccnc1N1CCOCC1. The highest BCUT2D eigenvalue weighted by molar-refractivity contribution is 5.79. The Morgan fingerprint density at radius 3 is 2.88 bits per heavy atom. The molecule has 8 heteroatoms. The Balaban J connectivity index is 1.74. The molecule has 0 spiro atoms. The van der Waals surface area contributed by atoms with Gasteiger partial charge in [0.15, 0.2) is 5.96 Å². The predicted molar refractivity (Wildman–Crippen MR) is 103 cm³/mol. The minimum absolute atomic E-state index is 0.632. The van der Waals surface area contributed by atoms with E-state index in [-0.39, 0.29) is 0 Å². The molecule has 146 valence electrons. The number of rotatable bonds is 10. The van der Waals surface area contributed by atoms with E-state index in [2.05, 4.69) is 31.6 Å². The normalized spacial score (nSPS) is 15.2. The average Bonchev–Trinajstić information content (AvgIpc) is 2.70. The Morgan fingerprint density at radius 1 is 1.27 bits per heavy atom. The summed E-state index contributed by atoms with van der Waals surface area (Å²) in [6, 6.07) is 4.07. The Morgan fingerprint density at radius 2 is 2.12 bits per heavy atom. The minimum atomic E-state index is 0.632. The lowest BCUT2D eigenvalue weighted by atomic mass is 10.2. The van der Waals surface area contributed by atoms with Gasteiger partial charge in [-0.3, -0.25) is 4.99 Å². The number of morpholine rings is 1. The molecule has 0 atom stereocenters. The first-order chi connectivity index (χ1) is 12.8. The molecule has 1 aromatic heterocycles. The van der Waals surface area contributed by atoms with Gasteiger partial charge in [-0.1, -0.05) is 6.07 Å². The van der Waals surface area contributed by atoms with Crippen LogP contribution in [0.25, 0.3) is 0 Å². The maximum absolute atomic E-state index is 5.45. The second-order valence-electron chi connectivity index (χ2n) is 5.90. The van der Waals surface area contributed by atoms with Crippen LogP contribution in [0.4, 0.5) is 5.82 Å². The number of guanidine groups is 1. The average molecular weight is 365 g/mol. The molecular weight excluding hydrogens is 334 g/mol. The molecule has 1 fully saturated rings. The number of aliphatic imine (C=N–C) groups is 1. The first kappa shape index (κ1) is 20.4. The van der Waals surface area contributed by atoms with Gasteiger partial charge in [0.05, 0.1) is 26.4 Å². The number of pyridine rings is 1. The van der Waals surface area contributed by atoms with Crippen molar-refractivity contribution in [1.82, 2.24) is 15.6 Å². The summed E-state index contributed by atoms with van der Waals surface area (Å²) in [6.07, 6.45) is 2.75. The molecule has 0 saturated carbocycles. The molecule has 8 nitrogen and oxygen atoms in total. The second kappa shape index (κ2) is 12.5. The first-order valence-corrected chi connectivity index (χ1v) is 9.13. The van der Waals surface area contributed by atoms with Gasteiger partial charge >= 0.3 is 0 Å². The highest BCUT2D eigenvalue weighted by Crippen LogP contribution is 2.18. The zero-order valence-corrected chi connectivity index (χ0v) is 15.9. The van der Waals surface area contributed by atoms with Crippen LogP contribution < -0.4 is 15.5 Å². The lowest BCUT2D eigenvalue weighted by Crippen LogP contribution is -2.39. The molecule has 2 N–H and O–H groups in total. The van der Waals surface area contributed by atoms with E-state index in [0.29, 0.717) is 26.4 Å². The summed E-state index contributed by atoms with van der Waals surface area (Å²) in [4.78, 5) is 11.1. The van der Waals surface area contributed by atoms with Gasteiger partial charge in [0.1, 0.15) is 5.82 Å². The van der Waals surface area contributed by atoms with Crippen molar-refractivity contribution in [3.8, 4) is 0 Å². The number of methoxy groups -OCH3 is 1. The molecule has 0 radical (unpaired) electrons. The number of hydrogen-bond acceptors (Lipinski definition) is 6. The van der Waals surface area contributed by atoms with E-state index in [1.54, 1.807) is 14.2 Å². The summed E-state index contributed by atoms with van der Waals surface area (Å²) in [7, 11) is 3.45. The van der Waals surface area contributed by atoms with Gasteiger partial charge in [0, 0.05) is 58.7 Å². The predicted octanol–water partition coefficient (Wildman–Crippen LogP) is 0.636. The fraction of sp³-hybridized carbons (Fsp3) is 0.667. The van der Waals surface area contributed by atoms with E-state index in [9.17, 15) is 0 Å². The minimum Gasteiger partial charge on any atom is -0.382 e. The van der Waals surface area contributed by atoms with Crippen LogP contribution in [0.3, 0.4) is 0 Å². The third-order valence-corrected chi connectivity index (χ3v) is 4.04. The van der Waals surface area contributed by atoms with Gasteiger partial charge in [-0.25, -0.2) is 4.98 Å². The summed E-state index contributed by atoms with van der Waals surface area (Å²) in [5.74, 6) is 1.80. The summed E-state index contributed by atoms with van der Waals surface area (Å²) in [5.41, 5.74) is 1.15. The van der Waals surface area contributed by atoms with Crippen LogP contribution >= 0.6 is 0 Å². The molecule has 0 aliphatic carbocycles. The highest BCUT2D eigenvalue weighted by Gasteiger charge is 2.15. The third kappa shape index (κ3) is 7.15. The number of nitrogens with one attached hydrogen (secondary N) is 2. The molecule has 0 unspecified atom stereocenters. The van der Waals surface area contributed by atoms with E-state index < -0.39 is 0 Å². The number of hydrogen-bond donors (Lipinski definition) is 2. The van der Waals surface area contributed by atoms with Gasteiger partial charge in [0.2, 0.25) is 0 Å². The molecule has 0 amide bonds. The van der Waals surface area contributed by atoms with Gasteiger partial charge < -0.3 is 29.7 Å². The van der Waals surface area contributed by atoms with Crippen LogP contribution in [-0.2, 0) is 20.8 Å². The third-order valence-electron chi connectivity index (χ3n) is 4.04. The van der Waals surface area contributed by atoms with E-state index in [4.69, 9.17) is 14.2 Å². The molecule has 1 aliphatic rings. The number of aromatic nitrogens is 1. The summed E-state index contributed by atoms with van der Waals surface area (Å²) < 4.78 is 15.8. The zero-order chi connectivity index (χ0) is 18.5. The van der Waals surface area contributed by atoms with Crippen molar-refractivity contribution in [3.63, 3.8) is 0 Å². The Labute approximate surface area is 155 Å². The number of anilines is 1. The zero-order valence-electron chi connectivity index (χ0n) is 15.9. The number of nitrogens with zero attached hydrogens (tertiary/aromatic N) is 3. The van der Waals surface area contributed by atoms with Crippen molar-refractivity contribution < 1.29 is 14.2 Å². The molecule has 1 aliphatic heterocycles. The lowest BCUT2D eigenvalue weighted by molar-refractivity contribution is 0.0698. The van der Waals surface area contributed by atoms with Crippen LogP contribution in [-0.4, -0.2) is 77.8 Å². The van der Waals surface area contributed by atoms with E-state index in [1.165, 1.54) is 0 Å². The summed E-state index contributed by atoms with van der Waals surface area (Å²) in [6.45, 7) is 6.69. The molecule has 1 aromatic rings. The first-order valence-electron chi connectivity index (χ1n) is 9.13. The maximum Gasteiger partial charge on any atom is 0.191 e. The van der Waals surface area contributed by atoms with Crippen LogP contribution in [0.2, 0.25) is 0 Å². The van der Waals surface area contributed by atoms with E-state index >= 15 is 0 Å². The van der Waals surface area contributed by atoms with Crippen molar-refractivity contribution in [2.24, 2.45) is 4.99 Å². The lowest BCUT2D eigenvalue weighted by Gasteiger charge is -2.29. The number of ether oxygens (including phenoxy) is 3. The molecule has 0 aromatic carbocycles. The van der Waals surface area contributed by atoms with Crippen molar-refractivity contribution in [1.29, 1.82) is 0 Å². The van der Waals surface area contributed by atoms with Gasteiger partial charge in [-0.05, 0) is 12.5 Å². The molecule has 1 saturated heterocycles. The smallest absolute Gasteiger partial charge is 0.191 e. The van der Waals surface area contributed by atoms with Crippen LogP contribution in [0, 0.1) is 0 Å². The van der Waals surface area contributed by atoms with Crippen molar-refractivity contribution >= 4 is 11.8 Å². The Hall–Kier alpha value is -1.90. The standard InChI is InChI=1S/C18H31N5O3/c1-19-18(21-7-4-10-25-14-13-24-2)22-15-16-5-3-6-20-17(16)23-8-11-26-12-9-23/h3,5-6H,4,7-15H2,1-2H3,(H2,19,21,22). The van der Waals surface area contributed by atoms with Gasteiger partial charge in [-0.2, -0.15) is 0 Å². The van der Waals surface area contributed by atoms with Crippen molar-refractivity contribution in [3.05, 3.63) is 23.9 Å². The topological polar surface area (TPSA) is 80.2 Å². The molecule has 26 heavy (non-hydrogen) atoms. The van der Waals surface area contributed by atoms with Gasteiger partial charge in [0.25, 0.3) is 0 Å². The largest absolute Gasteiger partial charge is 0.382 e. The fourth-order valence-electron chi connectivity index (χ4n) is 2.65. The summed E-state index contributed by atoms with van der Waals surface area (Å²) in [5, 5.41) is 6.66. The maximum atomic E-state index is 5.45. The van der Waals surface area contributed by atoms with Crippen molar-refractivity contribution in [2.75, 3.05) is 71.7 Å². The Kier molecular flexibility index (Phi) is 9.78. The molecule has 2 heterocycles. The molecular formula is C18H31N5O3. The van der Waals surface area contributed by atoms with Gasteiger partial charge in [-0.15, -0.1) is 0 Å². The van der Waals surface area contributed by atoms with Crippen molar-refractivity contribution in [2.45, 2.75) is 13.0 Å². The van der Waals surface area contributed by atoms with Crippen LogP contribution in [0.5, 0.6) is 0 Å². The van der Waals surface area contributed by atoms with Crippen LogP contribution in [0.1, 0.15) is 12.0 Å². The van der Waals surface area contributed by atoms with E-state index in [0.717, 1.165) is 56.6 Å². The second-order valence-corrected chi connectivity index (χ2v) is 5.90.